The van der Waals surface area contributed by atoms with Crippen LogP contribution >= 0.6 is 11.8 Å². The minimum atomic E-state index is 0.696. The van der Waals surface area contributed by atoms with E-state index in [1.165, 1.54) is 13.1 Å². The molecule has 1 rings (SSSR count). The summed E-state index contributed by atoms with van der Waals surface area (Å²) in [6.45, 7) is 9.30. The molecule has 2 atom stereocenters. The summed E-state index contributed by atoms with van der Waals surface area (Å²) in [7, 11) is 2.24. The van der Waals surface area contributed by atoms with E-state index in [1.807, 2.05) is 11.8 Å². The number of rotatable bonds is 4. The first-order chi connectivity index (χ1) is 6.11. The van der Waals surface area contributed by atoms with Crippen LogP contribution in [0.4, 0.5) is 0 Å². The second kappa shape index (κ2) is 5.23. The third-order valence-corrected chi connectivity index (χ3v) is 4.10. The highest BCUT2D eigenvalue weighted by Gasteiger charge is 2.20. The minimum Gasteiger partial charge on any atom is -0.307 e. The summed E-state index contributed by atoms with van der Waals surface area (Å²) in [5.41, 5.74) is 0. The first-order valence-electron chi connectivity index (χ1n) is 5.14. The maximum atomic E-state index is 3.38. The monoisotopic (exact) mass is 202 g/mol. The molecule has 0 aromatic rings. The van der Waals surface area contributed by atoms with Crippen LogP contribution in [0.3, 0.4) is 0 Å². The van der Waals surface area contributed by atoms with E-state index >= 15 is 0 Å². The molecular weight excluding hydrogens is 180 g/mol. The van der Waals surface area contributed by atoms with Gasteiger partial charge >= 0.3 is 0 Å². The normalized spacial score (nSPS) is 25.8. The van der Waals surface area contributed by atoms with Gasteiger partial charge in [0.25, 0.3) is 0 Å². The molecule has 78 valence electrons. The summed E-state index contributed by atoms with van der Waals surface area (Å²) in [5.74, 6) is 1.89. The molecule has 1 unspecified atom stereocenters. The van der Waals surface area contributed by atoms with Crippen LogP contribution in [0.1, 0.15) is 20.8 Å². The van der Waals surface area contributed by atoms with Crippen molar-refractivity contribution in [1.82, 2.24) is 10.2 Å². The summed E-state index contributed by atoms with van der Waals surface area (Å²) < 4.78 is 0. The zero-order valence-electron chi connectivity index (χ0n) is 9.21. The molecule has 1 heterocycles. The predicted molar refractivity (Wildman–Crippen MR) is 61.2 cm³/mol. The molecule has 1 saturated heterocycles. The Morgan fingerprint density at radius 1 is 1.46 bits per heavy atom. The fourth-order valence-corrected chi connectivity index (χ4v) is 2.62. The van der Waals surface area contributed by atoms with Crippen LogP contribution in [0.15, 0.2) is 0 Å². The lowest BCUT2D eigenvalue weighted by atomic mass is 10.1. The standard InChI is InChI=1S/C10H22N2S/c1-8(2)9(3)12(4)6-10-5-11-7-13-10/h8-11H,5-7H2,1-4H3/t9-,10?/m1/s1. The summed E-state index contributed by atoms with van der Waals surface area (Å²) in [4.78, 5) is 2.48. The number of hydrogen-bond donors (Lipinski definition) is 1. The fourth-order valence-electron chi connectivity index (χ4n) is 1.57. The van der Waals surface area contributed by atoms with E-state index in [9.17, 15) is 0 Å². The Morgan fingerprint density at radius 2 is 2.15 bits per heavy atom. The highest BCUT2D eigenvalue weighted by Crippen LogP contribution is 2.17. The average molecular weight is 202 g/mol. The van der Waals surface area contributed by atoms with Crippen molar-refractivity contribution in [2.45, 2.75) is 32.1 Å². The van der Waals surface area contributed by atoms with Gasteiger partial charge in [-0.05, 0) is 19.9 Å². The van der Waals surface area contributed by atoms with Crippen LogP contribution < -0.4 is 5.32 Å². The van der Waals surface area contributed by atoms with Crippen molar-refractivity contribution >= 4 is 11.8 Å². The number of thioether (sulfide) groups is 1. The van der Waals surface area contributed by atoms with E-state index in [0.29, 0.717) is 6.04 Å². The van der Waals surface area contributed by atoms with Gasteiger partial charge in [0.05, 0.1) is 0 Å². The Bertz CT molecular complexity index is 144. The summed E-state index contributed by atoms with van der Waals surface area (Å²) in [6.07, 6.45) is 0. The van der Waals surface area contributed by atoms with Crippen molar-refractivity contribution < 1.29 is 0 Å². The second-order valence-electron chi connectivity index (χ2n) is 4.31. The maximum absolute atomic E-state index is 3.38. The van der Waals surface area contributed by atoms with Gasteiger partial charge in [-0.2, -0.15) is 0 Å². The Hall–Kier alpha value is 0.270. The molecule has 0 spiro atoms. The Balaban J connectivity index is 2.26. The van der Waals surface area contributed by atoms with Gasteiger partial charge in [-0.25, -0.2) is 0 Å². The molecule has 1 aliphatic rings. The zero-order chi connectivity index (χ0) is 9.84. The van der Waals surface area contributed by atoms with Gasteiger partial charge in [-0.1, -0.05) is 13.8 Å². The molecule has 1 aliphatic heterocycles. The highest BCUT2D eigenvalue weighted by molar-refractivity contribution is 8.00. The van der Waals surface area contributed by atoms with Crippen molar-refractivity contribution in [2.24, 2.45) is 5.92 Å². The Kier molecular flexibility index (Phi) is 4.56. The Morgan fingerprint density at radius 3 is 2.62 bits per heavy atom. The molecule has 0 bridgehead atoms. The Labute approximate surface area is 86.5 Å². The molecule has 0 aromatic carbocycles. The predicted octanol–water partition coefficient (Wildman–Crippen LogP) is 1.63. The zero-order valence-corrected chi connectivity index (χ0v) is 10.0. The van der Waals surface area contributed by atoms with Crippen molar-refractivity contribution in [3.63, 3.8) is 0 Å². The van der Waals surface area contributed by atoms with Gasteiger partial charge in [-0.15, -0.1) is 11.8 Å². The highest BCUT2D eigenvalue weighted by atomic mass is 32.2. The van der Waals surface area contributed by atoms with Crippen LogP contribution in [0, 0.1) is 5.92 Å². The molecule has 2 nitrogen and oxygen atoms in total. The molecule has 3 heteroatoms. The molecule has 0 radical (unpaired) electrons. The first-order valence-corrected chi connectivity index (χ1v) is 6.18. The molecule has 0 saturated carbocycles. The smallest absolute Gasteiger partial charge is 0.0421 e. The van der Waals surface area contributed by atoms with Gasteiger partial charge in [0, 0.05) is 30.3 Å². The second-order valence-corrected chi connectivity index (χ2v) is 5.60. The lowest BCUT2D eigenvalue weighted by Gasteiger charge is -2.29. The van der Waals surface area contributed by atoms with Crippen molar-refractivity contribution in [1.29, 1.82) is 0 Å². The van der Waals surface area contributed by atoms with E-state index in [-0.39, 0.29) is 0 Å². The lowest BCUT2D eigenvalue weighted by molar-refractivity contribution is 0.209. The van der Waals surface area contributed by atoms with Gasteiger partial charge in [0.2, 0.25) is 0 Å². The fraction of sp³-hybridized carbons (Fsp3) is 1.00. The largest absolute Gasteiger partial charge is 0.307 e. The summed E-state index contributed by atoms with van der Waals surface area (Å²) in [6, 6.07) is 0.696. The molecule has 0 amide bonds. The molecule has 1 N–H and O–H groups in total. The summed E-state index contributed by atoms with van der Waals surface area (Å²) >= 11 is 2.05. The van der Waals surface area contributed by atoms with Crippen LogP contribution in [0.2, 0.25) is 0 Å². The average Bonchev–Trinajstić information content (AvgIpc) is 2.55. The van der Waals surface area contributed by atoms with Crippen LogP contribution in [0.25, 0.3) is 0 Å². The summed E-state index contributed by atoms with van der Waals surface area (Å²) in [5, 5.41) is 4.18. The molecule has 0 aliphatic carbocycles. The van der Waals surface area contributed by atoms with Crippen LogP contribution in [-0.2, 0) is 0 Å². The van der Waals surface area contributed by atoms with Crippen molar-refractivity contribution in [3.05, 3.63) is 0 Å². The quantitative estimate of drug-likeness (QED) is 0.746. The van der Waals surface area contributed by atoms with E-state index in [4.69, 9.17) is 0 Å². The van der Waals surface area contributed by atoms with Crippen molar-refractivity contribution in [2.75, 3.05) is 26.0 Å². The van der Waals surface area contributed by atoms with Crippen LogP contribution in [0.5, 0.6) is 0 Å². The molecular formula is C10H22N2S. The van der Waals surface area contributed by atoms with Gasteiger partial charge in [-0.3, -0.25) is 0 Å². The van der Waals surface area contributed by atoms with E-state index in [0.717, 1.165) is 17.0 Å². The van der Waals surface area contributed by atoms with Gasteiger partial charge in [0.1, 0.15) is 0 Å². The minimum absolute atomic E-state index is 0.696. The molecule has 13 heavy (non-hydrogen) atoms. The topological polar surface area (TPSA) is 15.3 Å². The van der Waals surface area contributed by atoms with E-state index in [1.54, 1.807) is 0 Å². The van der Waals surface area contributed by atoms with Crippen molar-refractivity contribution in [3.8, 4) is 0 Å². The maximum Gasteiger partial charge on any atom is 0.0421 e. The van der Waals surface area contributed by atoms with E-state index < -0.39 is 0 Å². The SMILES string of the molecule is CC(C)[C@@H](C)N(C)CC1CNCS1. The number of hydrogen-bond acceptors (Lipinski definition) is 3. The van der Waals surface area contributed by atoms with Crippen LogP contribution in [-0.4, -0.2) is 42.2 Å². The van der Waals surface area contributed by atoms with Gasteiger partial charge < -0.3 is 10.2 Å². The molecule has 0 aromatic heterocycles. The third-order valence-electron chi connectivity index (χ3n) is 2.94. The third kappa shape index (κ3) is 3.49. The van der Waals surface area contributed by atoms with Gasteiger partial charge in [0.15, 0.2) is 0 Å². The lowest BCUT2D eigenvalue weighted by Crippen LogP contribution is -2.38. The number of nitrogens with zero attached hydrogens (tertiary/aromatic N) is 1. The first kappa shape index (κ1) is 11.3. The number of nitrogens with one attached hydrogen (secondary N) is 1. The molecule has 1 fully saturated rings. The van der Waals surface area contributed by atoms with E-state index in [2.05, 4.69) is 38.0 Å².